The first kappa shape index (κ1) is 41.2. The zero-order chi connectivity index (χ0) is 40.3. The second-order valence-corrected chi connectivity index (χ2v) is 15.3. The summed E-state index contributed by atoms with van der Waals surface area (Å²) in [6.45, 7) is 0.314. The SMILES string of the molecule is NCCCC(=O)N[C@@H](Cc1c[nH]c2ccc(O)cc12)C(=O)C[C@@H](Cc1ccc(Cl)cc1)C(=O)N[C@@H](Cc1ccncc1)C(=O)CCCc1c[nH]c2ccc(Cl)cc12. The molecule has 13 heteroatoms. The number of phenolic OH excluding ortho intramolecular Hbond substituents is 1. The number of aryl methyl sites for hydroxylation is 1. The van der Waals surface area contributed by atoms with Crippen molar-refractivity contribution in [1.82, 2.24) is 25.6 Å². The lowest BCUT2D eigenvalue weighted by Crippen LogP contribution is -2.48. The number of H-pyrrole nitrogens is 2. The number of amides is 2. The van der Waals surface area contributed by atoms with Crippen molar-refractivity contribution in [3.05, 3.63) is 130 Å². The summed E-state index contributed by atoms with van der Waals surface area (Å²) < 4.78 is 0. The lowest BCUT2D eigenvalue weighted by Gasteiger charge is -2.24. The number of rotatable bonds is 20. The third-order valence-corrected chi connectivity index (χ3v) is 10.7. The van der Waals surface area contributed by atoms with Gasteiger partial charge in [0.15, 0.2) is 11.6 Å². The van der Waals surface area contributed by atoms with Gasteiger partial charge in [-0.15, -0.1) is 0 Å². The number of carbonyl (C=O) groups is 4. The maximum Gasteiger partial charge on any atom is 0.224 e. The van der Waals surface area contributed by atoms with Crippen LogP contribution < -0.4 is 16.4 Å². The van der Waals surface area contributed by atoms with E-state index in [4.69, 9.17) is 28.9 Å². The Bertz CT molecular complexity index is 2320. The molecule has 3 atom stereocenters. The number of aromatic amines is 2. The van der Waals surface area contributed by atoms with E-state index in [9.17, 15) is 24.3 Å². The van der Waals surface area contributed by atoms with Crippen molar-refractivity contribution in [2.45, 2.75) is 69.9 Å². The van der Waals surface area contributed by atoms with Gasteiger partial charge in [-0.25, -0.2) is 0 Å². The average molecular weight is 810 g/mol. The highest BCUT2D eigenvalue weighted by Crippen LogP contribution is 2.26. The van der Waals surface area contributed by atoms with Gasteiger partial charge < -0.3 is 31.4 Å². The molecule has 0 aliphatic heterocycles. The van der Waals surface area contributed by atoms with E-state index in [-0.39, 0.29) is 61.7 Å². The van der Waals surface area contributed by atoms with Crippen molar-refractivity contribution in [3.63, 3.8) is 0 Å². The largest absolute Gasteiger partial charge is 0.508 e. The number of benzene rings is 3. The van der Waals surface area contributed by atoms with Gasteiger partial charge in [-0.1, -0.05) is 35.3 Å². The summed E-state index contributed by atoms with van der Waals surface area (Å²) in [5, 5.41) is 19.0. The van der Waals surface area contributed by atoms with Gasteiger partial charge in [0, 0.05) is 88.2 Å². The summed E-state index contributed by atoms with van der Waals surface area (Å²) in [5.74, 6) is -2.10. The highest BCUT2D eigenvalue weighted by molar-refractivity contribution is 6.31. The number of fused-ring (bicyclic) bond motifs is 2. The van der Waals surface area contributed by atoms with Gasteiger partial charge in [0.05, 0.1) is 12.1 Å². The molecule has 0 spiro atoms. The number of carbonyl (C=O) groups excluding carboxylic acids is 4. The monoisotopic (exact) mass is 808 g/mol. The zero-order valence-corrected chi connectivity index (χ0v) is 32.9. The molecule has 0 aliphatic carbocycles. The van der Waals surface area contributed by atoms with Crippen LogP contribution in [0.5, 0.6) is 5.75 Å². The topological polar surface area (TPSA) is 183 Å². The standard InChI is InChI=1S/C44H46Cl2N6O5/c45-32-8-6-27(7-9-32)19-30(22-42(55)40(51-43(56)5-2-16-47)21-31-26-50-38-13-11-34(53)24-36(31)38)44(57)52-39(20-28-14-17-48-18-15-28)41(54)4-1-3-29-25-49-37-12-10-33(46)23-35(29)37/h6-15,17-18,23-26,30,39-40,49-50,53H,1-5,16,19-22,47H2,(H,51,56)(H,52,57)/t30-,39+,40+/m1/s1. The Kier molecular flexibility index (Phi) is 14.1. The molecule has 3 aromatic heterocycles. The van der Waals surface area contributed by atoms with Gasteiger partial charge in [0.25, 0.3) is 0 Å². The number of Topliss-reactive ketones (excluding diaryl/α,β-unsaturated/α-hetero) is 2. The van der Waals surface area contributed by atoms with Crippen LogP contribution in [0.3, 0.4) is 0 Å². The van der Waals surface area contributed by atoms with E-state index in [0.717, 1.165) is 38.7 Å². The van der Waals surface area contributed by atoms with Crippen molar-refractivity contribution in [1.29, 1.82) is 0 Å². The van der Waals surface area contributed by atoms with Crippen LogP contribution in [0.1, 0.15) is 54.4 Å². The summed E-state index contributed by atoms with van der Waals surface area (Å²) in [4.78, 5) is 66.3. The highest BCUT2D eigenvalue weighted by Gasteiger charge is 2.31. The number of ketones is 2. The molecular weight excluding hydrogens is 763 g/mol. The third kappa shape index (κ3) is 11.3. The summed E-state index contributed by atoms with van der Waals surface area (Å²) in [7, 11) is 0. The quantitative estimate of drug-likeness (QED) is 0.0482. The molecule has 6 aromatic rings. The molecule has 0 radical (unpaired) electrons. The smallest absolute Gasteiger partial charge is 0.224 e. The van der Waals surface area contributed by atoms with Crippen molar-refractivity contribution in [3.8, 4) is 5.75 Å². The van der Waals surface area contributed by atoms with E-state index in [2.05, 4.69) is 25.6 Å². The number of hydrogen-bond acceptors (Lipinski definition) is 7. The Balaban J connectivity index is 1.23. The summed E-state index contributed by atoms with van der Waals surface area (Å²) >= 11 is 12.4. The number of hydrogen-bond donors (Lipinski definition) is 6. The van der Waals surface area contributed by atoms with Crippen molar-refractivity contribution in [2.24, 2.45) is 11.7 Å². The molecule has 11 nitrogen and oxygen atoms in total. The molecule has 0 saturated carbocycles. The molecular formula is C44H46Cl2N6O5. The fourth-order valence-corrected chi connectivity index (χ4v) is 7.45. The molecule has 6 rings (SSSR count). The molecule has 0 saturated heterocycles. The fourth-order valence-electron chi connectivity index (χ4n) is 7.15. The van der Waals surface area contributed by atoms with E-state index in [1.165, 1.54) is 0 Å². The van der Waals surface area contributed by atoms with Crippen LogP contribution in [-0.4, -0.2) is 62.1 Å². The van der Waals surface area contributed by atoms with Crippen LogP contribution in [0.2, 0.25) is 10.0 Å². The van der Waals surface area contributed by atoms with E-state index >= 15 is 0 Å². The van der Waals surface area contributed by atoms with E-state index in [0.29, 0.717) is 41.2 Å². The fraction of sp³-hybridized carbons (Fsp3) is 0.295. The molecule has 7 N–H and O–H groups in total. The Morgan fingerprint density at radius 2 is 1.35 bits per heavy atom. The maximum atomic E-state index is 14.4. The molecule has 2 amide bonds. The number of nitrogens with zero attached hydrogens (tertiary/aromatic N) is 1. The first-order valence-corrected chi connectivity index (χ1v) is 19.8. The van der Waals surface area contributed by atoms with Gasteiger partial charge in [-0.3, -0.25) is 24.2 Å². The number of nitrogens with two attached hydrogens (primary N) is 1. The van der Waals surface area contributed by atoms with Crippen molar-refractivity contribution >= 4 is 68.4 Å². The van der Waals surface area contributed by atoms with Gasteiger partial charge in [0.2, 0.25) is 11.8 Å². The Labute approximate surface area is 340 Å². The van der Waals surface area contributed by atoms with Crippen LogP contribution >= 0.6 is 23.2 Å². The normalized spacial score (nSPS) is 13.0. The molecule has 3 aromatic carbocycles. The van der Waals surface area contributed by atoms with Crippen molar-refractivity contribution in [2.75, 3.05) is 6.54 Å². The Morgan fingerprint density at radius 1 is 0.702 bits per heavy atom. The molecule has 3 heterocycles. The summed E-state index contributed by atoms with van der Waals surface area (Å²) in [6.07, 6.45) is 9.24. The molecule has 0 unspecified atom stereocenters. The average Bonchev–Trinajstić information content (AvgIpc) is 3.80. The Morgan fingerprint density at radius 3 is 2.09 bits per heavy atom. The molecule has 0 bridgehead atoms. The number of aromatic hydroxyl groups is 1. The molecule has 0 aliphatic rings. The summed E-state index contributed by atoms with van der Waals surface area (Å²) in [6, 6.07) is 19.3. The van der Waals surface area contributed by atoms with Gasteiger partial charge >= 0.3 is 0 Å². The van der Waals surface area contributed by atoms with Gasteiger partial charge in [0.1, 0.15) is 5.75 Å². The number of nitrogens with one attached hydrogen (secondary N) is 4. The second-order valence-electron chi connectivity index (χ2n) is 14.4. The summed E-state index contributed by atoms with van der Waals surface area (Å²) in [5.41, 5.74) is 10.7. The minimum atomic E-state index is -0.981. The Hall–Kier alpha value is -5.49. The van der Waals surface area contributed by atoms with Crippen LogP contribution in [0.15, 0.2) is 97.6 Å². The predicted molar refractivity (Wildman–Crippen MR) is 223 cm³/mol. The lowest BCUT2D eigenvalue weighted by molar-refractivity contribution is -0.133. The first-order chi connectivity index (χ1) is 27.6. The minimum absolute atomic E-state index is 0.0663. The number of phenols is 1. The predicted octanol–water partition coefficient (Wildman–Crippen LogP) is 6.96. The lowest BCUT2D eigenvalue weighted by atomic mass is 9.88. The number of aromatic nitrogens is 3. The van der Waals surface area contributed by atoms with Crippen LogP contribution in [0.4, 0.5) is 0 Å². The minimum Gasteiger partial charge on any atom is -0.508 e. The maximum absolute atomic E-state index is 14.4. The highest BCUT2D eigenvalue weighted by atomic mass is 35.5. The first-order valence-electron chi connectivity index (χ1n) is 19.1. The second kappa shape index (κ2) is 19.6. The van der Waals surface area contributed by atoms with Crippen LogP contribution in [-0.2, 0) is 44.9 Å². The number of halogens is 2. The third-order valence-electron chi connectivity index (χ3n) is 10.2. The van der Waals surface area contributed by atoms with Gasteiger partial charge in [-0.2, -0.15) is 0 Å². The van der Waals surface area contributed by atoms with Crippen LogP contribution in [0, 0.1) is 5.92 Å². The number of pyridine rings is 1. The molecule has 296 valence electrons. The zero-order valence-electron chi connectivity index (χ0n) is 31.4. The van der Waals surface area contributed by atoms with E-state index in [1.54, 1.807) is 73.2 Å². The molecule has 57 heavy (non-hydrogen) atoms. The van der Waals surface area contributed by atoms with E-state index in [1.807, 2.05) is 24.4 Å². The van der Waals surface area contributed by atoms with Crippen LogP contribution in [0.25, 0.3) is 21.8 Å². The van der Waals surface area contributed by atoms with Crippen molar-refractivity contribution < 1.29 is 24.3 Å². The molecule has 0 fully saturated rings. The van der Waals surface area contributed by atoms with Gasteiger partial charge in [-0.05, 0) is 122 Å². The van der Waals surface area contributed by atoms with E-state index < -0.39 is 23.9 Å².